The molecular weight excluding hydrogens is 204 g/mol. The molecule has 2 rings (SSSR count). The summed E-state index contributed by atoms with van der Waals surface area (Å²) in [5.41, 5.74) is 1.10. The summed E-state index contributed by atoms with van der Waals surface area (Å²) in [6.45, 7) is 1.91. The summed E-state index contributed by atoms with van der Waals surface area (Å²) in [6, 6.07) is 7.44. The van der Waals surface area contributed by atoms with Crippen LogP contribution in [0.1, 0.15) is 12.5 Å². The topological polar surface area (TPSA) is 57.2 Å². The maximum Gasteiger partial charge on any atom is 0.276 e. The lowest BCUT2D eigenvalue weighted by atomic mass is 10.1. The Kier molecular flexibility index (Phi) is 2.56. The first-order valence-electron chi connectivity index (χ1n) is 5.16. The van der Waals surface area contributed by atoms with Gasteiger partial charge in [0.1, 0.15) is 5.75 Å². The molecule has 0 atom stereocenters. The highest BCUT2D eigenvalue weighted by Crippen LogP contribution is 2.26. The van der Waals surface area contributed by atoms with Crippen LogP contribution in [0.4, 0.5) is 0 Å². The number of aromatic nitrogens is 1. The van der Waals surface area contributed by atoms with E-state index in [1.807, 2.05) is 25.1 Å². The summed E-state index contributed by atoms with van der Waals surface area (Å²) >= 11 is 0. The molecule has 0 bridgehead atoms. The number of hydrogen-bond donors (Lipinski definition) is 1. The second kappa shape index (κ2) is 3.89. The summed E-state index contributed by atoms with van der Waals surface area (Å²) in [4.78, 5) is 12.0. The first-order valence-corrected chi connectivity index (χ1v) is 5.16. The van der Waals surface area contributed by atoms with Crippen molar-refractivity contribution < 1.29 is 4.74 Å². The van der Waals surface area contributed by atoms with Crippen LogP contribution in [0.15, 0.2) is 29.1 Å². The van der Waals surface area contributed by atoms with Crippen molar-refractivity contribution in [2.45, 2.75) is 13.3 Å². The molecule has 0 spiro atoms. The van der Waals surface area contributed by atoms with Crippen molar-refractivity contribution in [3.8, 4) is 5.75 Å². The van der Waals surface area contributed by atoms with E-state index in [2.05, 4.69) is 0 Å². The zero-order valence-corrected chi connectivity index (χ0v) is 9.36. The number of rotatable bonds is 2. The standard InChI is InChI=1S/C12H14N2O2/c1-3-8-11(16-2)9-6-4-5-7-10(9)14(13)12(8)15/h4-7H,3,13H2,1-2H3. The Hall–Kier alpha value is -1.97. The average Bonchev–Trinajstić information content (AvgIpc) is 2.33. The lowest BCUT2D eigenvalue weighted by Crippen LogP contribution is -2.30. The van der Waals surface area contributed by atoms with Gasteiger partial charge in [-0.2, -0.15) is 0 Å². The Balaban J connectivity index is 3.01. The number of pyridine rings is 1. The number of fused-ring (bicyclic) bond motifs is 1. The SMILES string of the molecule is CCc1c(OC)c2ccccc2n(N)c1=O. The van der Waals surface area contributed by atoms with Gasteiger partial charge in [0, 0.05) is 5.39 Å². The number of nitrogen functional groups attached to an aromatic ring is 1. The van der Waals surface area contributed by atoms with Crippen molar-refractivity contribution in [1.29, 1.82) is 0 Å². The van der Waals surface area contributed by atoms with Gasteiger partial charge in [-0.3, -0.25) is 4.79 Å². The van der Waals surface area contributed by atoms with Crippen LogP contribution >= 0.6 is 0 Å². The van der Waals surface area contributed by atoms with Crippen LogP contribution in [0.5, 0.6) is 5.75 Å². The fraction of sp³-hybridized carbons (Fsp3) is 0.250. The molecule has 0 saturated carbocycles. The summed E-state index contributed by atoms with van der Waals surface area (Å²) in [6.07, 6.45) is 0.601. The van der Waals surface area contributed by atoms with Crippen LogP contribution in [0.2, 0.25) is 0 Å². The summed E-state index contributed by atoms with van der Waals surface area (Å²) in [5, 5.41) is 0.865. The molecule has 1 aromatic heterocycles. The van der Waals surface area contributed by atoms with Crippen LogP contribution in [0.25, 0.3) is 10.9 Å². The van der Waals surface area contributed by atoms with E-state index >= 15 is 0 Å². The minimum absolute atomic E-state index is 0.196. The van der Waals surface area contributed by atoms with Crippen molar-refractivity contribution in [2.24, 2.45) is 0 Å². The molecule has 16 heavy (non-hydrogen) atoms. The number of para-hydroxylation sites is 1. The molecule has 4 nitrogen and oxygen atoms in total. The highest BCUT2D eigenvalue weighted by molar-refractivity contribution is 5.86. The molecule has 0 aliphatic heterocycles. The van der Waals surface area contributed by atoms with Gasteiger partial charge in [-0.05, 0) is 18.6 Å². The number of ether oxygens (including phenoxy) is 1. The molecule has 0 amide bonds. The molecule has 0 unspecified atom stereocenters. The minimum Gasteiger partial charge on any atom is -0.496 e. The number of nitrogens with zero attached hydrogens (tertiary/aromatic N) is 1. The molecule has 0 saturated heterocycles. The van der Waals surface area contributed by atoms with Crippen LogP contribution in [0, 0.1) is 0 Å². The van der Waals surface area contributed by atoms with Crippen molar-refractivity contribution in [1.82, 2.24) is 4.68 Å². The Bertz CT molecular complexity index is 587. The average molecular weight is 218 g/mol. The van der Waals surface area contributed by atoms with E-state index in [1.54, 1.807) is 13.2 Å². The molecule has 2 N–H and O–H groups in total. The number of methoxy groups -OCH3 is 1. The lowest BCUT2D eigenvalue weighted by molar-refractivity contribution is 0.413. The van der Waals surface area contributed by atoms with Gasteiger partial charge in [-0.25, -0.2) is 4.68 Å². The van der Waals surface area contributed by atoms with E-state index in [4.69, 9.17) is 10.6 Å². The Morgan fingerprint density at radius 1 is 1.38 bits per heavy atom. The molecule has 1 aromatic carbocycles. The number of hydrogen-bond acceptors (Lipinski definition) is 3. The molecule has 0 aliphatic rings. The maximum atomic E-state index is 12.0. The minimum atomic E-state index is -0.196. The third kappa shape index (κ3) is 1.34. The largest absolute Gasteiger partial charge is 0.496 e. The molecule has 84 valence electrons. The lowest BCUT2D eigenvalue weighted by Gasteiger charge is -2.12. The van der Waals surface area contributed by atoms with Crippen molar-refractivity contribution in [2.75, 3.05) is 13.0 Å². The van der Waals surface area contributed by atoms with Gasteiger partial charge in [0.05, 0.1) is 18.2 Å². The molecule has 1 heterocycles. The molecule has 0 aliphatic carbocycles. The predicted molar refractivity (Wildman–Crippen MR) is 64.3 cm³/mol. The first kappa shape index (κ1) is 10.5. The third-order valence-corrected chi connectivity index (χ3v) is 2.72. The van der Waals surface area contributed by atoms with E-state index in [-0.39, 0.29) is 5.56 Å². The molecular formula is C12H14N2O2. The fourth-order valence-electron chi connectivity index (χ4n) is 1.94. The molecule has 2 aromatic rings. The molecule has 4 heteroatoms. The Morgan fingerprint density at radius 2 is 2.06 bits per heavy atom. The molecule has 0 fully saturated rings. The quantitative estimate of drug-likeness (QED) is 0.773. The van der Waals surface area contributed by atoms with Crippen LogP contribution in [-0.2, 0) is 6.42 Å². The van der Waals surface area contributed by atoms with Crippen LogP contribution in [0.3, 0.4) is 0 Å². The summed E-state index contributed by atoms with van der Waals surface area (Å²) < 4.78 is 6.49. The van der Waals surface area contributed by atoms with E-state index in [0.717, 1.165) is 5.39 Å². The van der Waals surface area contributed by atoms with E-state index < -0.39 is 0 Å². The maximum absolute atomic E-state index is 12.0. The van der Waals surface area contributed by atoms with Gasteiger partial charge in [-0.1, -0.05) is 19.1 Å². The highest BCUT2D eigenvalue weighted by atomic mass is 16.5. The van der Waals surface area contributed by atoms with Gasteiger partial charge in [0.15, 0.2) is 0 Å². The zero-order valence-electron chi connectivity index (χ0n) is 9.36. The molecule has 0 radical (unpaired) electrons. The Labute approximate surface area is 93.2 Å². The fourth-order valence-corrected chi connectivity index (χ4v) is 1.94. The van der Waals surface area contributed by atoms with Crippen LogP contribution < -0.4 is 16.1 Å². The first-order chi connectivity index (χ1) is 7.70. The van der Waals surface area contributed by atoms with Crippen molar-refractivity contribution >= 4 is 10.9 Å². The van der Waals surface area contributed by atoms with Gasteiger partial charge >= 0.3 is 0 Å². The van der Waals surface area contributed by atoms with Crippen molar-refractivity contribution in [3.05, 3.63) is 40.2 Å². The number of nitrogens with two attached hydrogens (primary N) is 1. The smallest absolute Gasteiger partial charge is 0.276 e. The highest BCUT2D eigenvalue weighted by Gasteiger charge is 2.14. The Morgan fingerprint density at radius 3 is 2.69 bits per heavy atom. The van der Waals surface area contributed by atoms with Crippen molar-refractivity contribution in [3.63, 3.8) is 0 Å². The predicted octanol–water partition coefficient (Wildman–Crippen LogP) is 1.29. The second-order valence-corrected chi connectivity index (χ2v) is 3.56. The number of benzene rings is 1. The van der Waals surface area contributed by atoms with Gasteiger partial charge in [0.25, 0.3) is 5.56 Å². The zero-order chi connectivity index (χ0) is 11.7. The second-order valence-electron chi connectivity index (χ2n) is 3.56. The normalized spacial score (nSPS) is 10.6. The monoisotopic (exact) mass is 218 g/mol. The van der Waals surface area contributed by atoms with E-state index in [9.17, 15) is 4.79 Å². The van der Waals surface area contributed by atoms with E-state index in [0.29, 0.717) is 23.3 Å². The van der Waals surface area contributed by atoms with Crippen LogP contribution in [-0.4, -0.2) is 11.8 Å². The van der Waals surface area contributed by atoms with Gasteiger partial charge in [-0.15, -0.1) is 0 Å². The van der Waals surface area contributed by atoms with E-state index in [1.165, 1.54) is 4.68 Å². The third-order valence-electron chi connectivity index (χ3n) is 2.72. The van der Waals surface area contributed by atoms with Gasteiger partial charge in [0.2, 0.25) is 0 Å². The summed E-state index contributed by atoms with van der Waals surface area (Å²) in [7, 11) is 1.57. The summed E-state index contributed by atoms with van der Waals surface area (Å²) in [5.74, 6) is 6.40. The van der Waals surface area contributed by atoms with Gasteiger partial charge < -0.3 is 10.6 Å².